The first-order valence-electron chi connectivity index (χ1n) is 6.65. The number of hydrogen-bond acceptors (Lipinski definition) is 3. The first-order valence-corrected chi connectivity index (χ1v) is 7.45. The molecular formula is C16H14BrFO3. The van der Waals surface area contributed by atoms with E-state index in [0.29, 0.717) is 35.8 Å². The molecule has 0 amide bonds. The van der Waals surface area contributed by atoms with Crippen LogP contribution in [-0.4, -0.2) is 18.3 Å². The van der Waals surface area contributed by atoms with E-state index in [2.05, 4.69) is 15.9 Å². The van der Waals surface area contributed by atoms with Crippen LogP contribution in [0.5, 0.6) is 11.5 Å². The van der Waals surface area contributed by atoms with Crippen molar-refractivity contribution in [3.63, 3.8) is 0 Å². The monoisotopic (exact) mass is 352 g/mol. The number of para-hydroxylation sites is 1. The van der Waals surface area contributed by atoms with Gasteiger partial charge in [-0.3, -0.25) is 0 Å². The van der Waals surface area contributed by atoms with E-state index in [0.717, 1.165) is 4.47 Å². The maximum Gasteiger partial charge on any atom is 0.167 e. The van der Waals surface area contributed by atoms with Crippen LogP contribution in [-0.2, 0) is 6.42 Å². The van der Waals surface area contributed by atoms with Crippen molar-refractivity contribution >= 4 is 15.9 Å². The van der Waals surface area contributed by atoms with E-state index >= 15 is 0 Å². The van der Waals surface area contributed by atoms with E-state index in [1.165, 1.54) is 6.07 Å². The predicted molar refractivity (Wildman–Crippen MR) is 80.2 cm³/mol. The average molecular weight is 353 g/mol. The van der Waals surface area contributed by atoms with Gasteiger partial charge < -0.3 is 14.6 Å². The summed E-state index contributed by atoms with van der Waals surface area (Å²) in [6.07, 6.45) is -0.684. The normalized spacial score (nSPS) is 14.8. The lowest BCUT2D eigenvalue weighted by Crippen LogP contribution is -2.17. The largest absolute Gasteiger partial charge is 0.486 e. The summed E-state index contributed by atoms with van der Waals surface area (Å²) in [6.45, 7) is 0.939. The fourth-order valence-corrected chi connectivity index (χ4v) is 2.79. The summed E-state index contributed by atoms with van der Waals surface area (Å²) in [5, 5.41) is 10.4. The van der Waals surface area contributed by atoms with Crippen molar-refractivity contribution < 1.29 is 19.0 Å². The SMILES string of the molecule is OC(Cc1cc(Br)ccc1F)c1cccc2c1OCCO2. The molecule has 0 saturated heterocycles. The molecule has 0 fully saturated rings. The van der Waals surface area contributed by atoms with Gasteiger partial charge in [0.2, 0.25) is 0 Å². The minimum absolute atomic E-state index is 0.172. The van der Waals surface area contributed by atoms with E-state index in [1.54, 1.807) is 30.3 Å². The van der Waals surface area contributed by atoms with Gasteiger partial charge in [-0.05, 0) is 29.8 Å². The Bertz CT molecular complexity index is 660. The summed E-state index contributed by atoms with van der Waals surface area (Å²) in [4.78, 5) is 0. The van der Waals surface area contributed by atoms with Crippen LogP contribution in [0.4, 0.5) is 4.39 Å². The minimum atomic E-state index is -0.856. The van der Waals surface area contributed by atoms with Gasteiger partial charge in [0.05, 0.1) is 6.10 Å². The van der Waals surface area contributed by atoms with Crippen LogP contribution in [0, 0.1) is 5.82 Å². The summed E-state index contributed by atoms with van der Waals surface area (Å²) < 4.78 is 25.6. The Morgan fingerprint density at radius 1 is 1.19 bits per heavy atom. The zero-order valence-electron chi connectivity index (χ0n) is 11.2. The van der Waals surface area contributed by atoms with Crippen molar-refractivity contribution in [1.29, 1.82) is 0 Å². The van der Waals surface area contributed by atoms with Gasteiger partial charge in [-0.2, -0.15) is 0 Å². The third-order valence-electron chi connectivity index (χ3n) is 3.38. The van der Waals surface area contributed by atoms with Gasteiger partial charge in [-0.1, -0.05) is 28.1 Å². The van der Waals surface area contributed by atoms with Crippen LogP contribution < -0.4 is 9.47 Å². The number of hydrogen-bond donors (Lipinski definition) is 1. The molecule has 2 aromatic carbocycles. The van der Waals surface area contributed by atoms with Crippen LogP contribution in [0.3, 0.4) is 0 Å². The fourth-order valence-electron chi connectivity index (χ4n) is 2.38. The Kier molecular flexibility index (Phi) is 4.12. The molecule has 1 atom stereocenters. The molecule has 0 spiro atoms. The van der Waals surface area contributed by atoms with Crippen molar-refractivity contribution in [1.82, 2.24) is 0 Å². The molecule has 0 bridgehead atoms. The van der Waals surface area contributed by atoms with E-state index in [-0.39, 0.29) is 12.2 Å². The number of halogens is 2. The highest BCUT2D eigenvalue weighted by Crippen LogP contribution is 2.38. The van der Waals surface area contributed by atoms with Crippen molar-refractivity contribution in [3.8, 4) is 11.5 Å². The number of ether oxygens (including phenoxy) is 2. The van der Waals surface area contributed by atoms with Crippen LogP contribution >= 0.6 is 15.9 Å². The van der Waals surface area contributed by atoms with Gasteiger partial charge in [0, 0.05) is 16.5 Å². The molecule has 3 rings (SSSR count). The molecule has 2 aromatic rings. The van der Waals surface area contributed by atoms with Crippen molar-refractivity contribution in [3.05, 3.63) is 57.8 Å². The predicted octanol–water partition coefficient (Wildman–Crippen LogP) is 3.64. The fraction of sp³-hybridized carbons (Fsp3) is 0.250. The topological polar surface area (TPSA) is 38.7 Å². The summed E-state index contributed by atoms with van der Waals surface area (Å²) in [7, 11) is 0. The molecule has 0 saturated carbocycles. The second-order valence-corrected chi connectivity index (χ2v) is 5.74. The highest BCUT2D eigenvalue weighted by Gasteiger charge is 2.21. The molecule has 0 radical (unpaired) electrons. The summed E-state index contributed by atoms with van der Waals surface area (Å²) >= 11 is 3.31. The highest BCUT2D eigenvalue weighted by atomic mass is 79.9. The van der Waals surface area contributed by atoms with E-state index in [1.807, 2.05) is 0 Å². The second kappa shape index (κ2) is 6.03. The van der Waals surface area contributed by atoms with Crippen molar-refractivity contribution in [2.45, 2.75) is 12.5 Å². The minimum Gasteiger partial charge on any atom is -0.486 e. The zero-order chi connectivity index (χ0) is 14.8. The molecule has 0 aliphatic carbocycles. The van der Waals surface area contributed by atoms with Gasteiger partial charge in [0.15, 0.2) is 11.5 Å². The Morgan fingerprint density at radius 3 is 2.86 bits per heavy atom. The maximum atomic E-state index is 13.8. The lowest BCUT2D eigenvalue weighted by molar-refractivity contribution is 0.145. The first kappa shape index (κ1) is 14.4. The number of benzene rings is 2. The third kappa shape index (κ3) is 3.04. The Morgan fingerprint density at radius 2 is 2.00 bits per heavy atom. The highest BCUT2D eigenvalue weighted by molar-refractivity contribution is 9.10. The van der Waals surface area contributed by atoms with E-state index < -0.39 is 6.10 Å². The Labute approximate surface area is 130 Å². The number of rotatable bonds is 3. The zero-order valence-corrected chi connectivity index (χ0v) is 12.8. The number of aliphatic hydroxyl groups excluding tert-OH is 1. The molecule has 1 aliphatic rings. The van der Waals surface area contributed by atoms with Crippen molar-refractivity contribution in [2.75, 3.05) is 13.2 Å². The van der Waals surface area contributed by atoms with Gasteiger partial charge in [-0.15, -0.1) is 0 Å². The lowest BCUT2D eigenvalue weighted by atomic mass is 9.99. The van der Waals surface area contributed by atoms with E-state index in [9.17, 15) is 9.50 Å². The summed E-state index contributed by atoms with van der Waals surface area (Å²) in [5.41, 5.74) is 1.07. The molecule has 1 aliphatic heterocycles. The first-order chi connectivity index (χ1) is 10.1. The van der Waals surface area contributed by atoms with Crippen LogP contribution in [0.15, 0.2) is 40.9 Å². The van der Waals surface area contributed by atoms with Gasteiger partial charge in [0.1, 0.15) is 19.0 Å². The van der Waals surface area contributed by atoms with Crippen LogP contribution in [0.2, 0.25) is 0 Å². The van der Waals surface area contributed by atoms with Crippen LogP contribution in [0.25, 0.3) is 0 Å². The number of fused-ring (bicyclic) bond motifs is 1. The molecule has 0 aromatic heterocycles. The van der Waals surface area contributed by atoms with Crippen molar-refractivity contribution in [2.24, 2.45) is 0 Å². The lowest BCUT2D eigenvalue weighted by Gasteiger charge is -2.23. The molecule has 3 nitrogen and oxygen atoms in total. The summed E-state index contributed by atoms with van der Waals surface area (Å²) in [5.74, 6) is 0.832. The van der Waals surface area contributed by atoms with Gasteiger partial charge >= 0.3 is 0 Å². The molecule has 5 heteroatoms. The molecule has 1 heterocycles. The maximum absolute atomic E-state index is 13.8. The van der Waals surface area contributed by atoms with Crippen LogP contribution in [0.1, 0.15) is 17.2 Å². The Hall–Kier alpha value is -1.59. The van der Waals surface area contributed by atoms with Gasteiger partial charge in [-0.25, -0.2) is 4.39 Å². The molecule has 110 valence electrons. The molecule has 1 unspecified atom stereocenters. The van der Waals surface area contributed by atoms with Gasteiger partial charge in [0.25, 0.3) is 0 Å². The van der Waals surface area contributed by atoms with E-state index in [4.69, 9.17) is 9.47 Å². The Balaban J connectivity index is 1.89. The molecule has 21 heavy (non-hydrogen) atoms. The quantitative estimate of drug-likeness (QED) is 0.916. The number of aliphatic hydroxyl groups is 1. The summed E-state index contributed by atoms with van der Waals surface area (Å²) in [6, 6.07) is 10.0. The average Bonchev–Trinajstić information content (AvgIpc) is 2.50. The second-order valence-electron chi connectivity index (χ2n) is 4.83. The molecule has 1 N–H and O–H groups in total. The molecular weight excluding hydrogens is 339 g/mol. The standard InChI is InChI=1S/C16H14BrFO3/c17-11-4-5-13(18)10(8-11)9-14(19)12-2-1-3-15-16(12)21-7-6-20-15/h1-5,8,14,19H,6-7,9H2. The third-order valence-corrected chi connectivity index (χ3v) is 3.87. The smallest absolute Gasteiger partial charge is 0.167 e.